The summed E-state index contributed by atoms with van der Waals surface area (Å²) in [6.07, 6.45) is 7.38. The number of nitrogens with two attached hydrogens (primary N) is 1. The molecular weight excluding hydrogens is 602 g/mol. The summed E-state index contributed by atoms with van der Waals surface area (Å²) < 4.78 is 11.7. The molecule has 2 aliphatic carbocycles. The maximum Gasteiger partial charge on any atom is 0.410 e. The van der Waals surface area contributed by atoms with Gasteiger partial charge in [0.05, 0.1) is 17.9 Å². The predicted molar refractivity (Wildman–Crippen MR) is 177 cm³/mol. The number of aryl methyl sites for hydroxylation is 1. The molecule has 1 amide bonds. The van der Waals surface area contributed by atoms with E-state index in [1.165, 1.54) is 17.5 Å². The number of allylic oxidation sites excluding steroid dienone is 2. The number of fused-ring (bicyclic) bond motifs is 2. The third-order valence-electron chi connectivity index (χ3n) is 8.91. The van der Waals surface area contributed by atoms with E-state index in [1.54, 1.807) is 12.4 Å². The smallest absolute Gasteiger partial charge is 0.410 e. The van der Waals surface area contributed by atoms with Crippen molar-refractivity contribution in [2.75, 3.05) is 20.7 Å². The van der Waals surface area contributed by atoms with E-state index in [0.717, 1.165) is 36.1 Å². The van der Waals surface area contributed by atoms with Crippen molar-refractivity contribution in [3.05, 3.63) is 45.2 Å². The van der Waals surface area contributed by atoms with Crippen molar-refractivity contribution in [2.45, 2.75) is 96.7 Å². The first-order valence-electron chi connectivity index (χ1n) is 16.1. The van der Waals surface area contributed by atoms with Crippen LogP contribution in [0, 0.1) is 23.2 Å². The third-order valence-corrected chi connectivity index (χ3v) is 10.1. The molecular formula is C34H45N7O4S. The number of amides is 1. The molecule has 3 aliphatic rings. The molecule has 2 aromatic heterocycles. The van der Waals surface area contributed by atoms with Crippen LogP contribution in [0.25, 0.3) is 0 Å². The van der Waals surface area contributed by atoms with Gasteiger partial charge < -0.3 is 20.1 Å². The minimum Gasteiger partial charge on any atom is -0.461 e. The fraction of sp³-hybridized carbons (Fsp3) is 0.588. The molecule has 1 saturated heterocycles. The third kappa shape index (κ3) is 6.89. The van der Waals surface area contributed by atoms with Gasteiger partial charge in [0.15, 0.2) is 0 Å². The van der Waals surface area contributed by atoms with Gasteiger partial charge in [0.1, 0.15) is 29.0 Å². The fourth-order valence-corrected chi connectivity index (χ4v) is 7.96. The van der Waals surface area contributed by atoms with Gasteiger partial charge in [0, 0.05) is 48.4 Å². The van der Waals surface area contributed by atoms with E-state index in [0.29, 0.717) is 46.5 Å². The highest BCUT2D eigenvalue weighted by Gasteiger charge is 2.61. The first-order valence-corrected chi connectivity index (χ1v) is 16.9. The maximum absolute atomic E-state index is 14.0. The number of aliphatic imine (C=N–C) groups is 1. The number of carbonyl (C=O) groups excluding carboxylic acids is 2. The molecule has 5 atom stereocenters. The summed E-state index contributed by atoms with van der Waals surface area (Å²) in [7, 11) is 3.77. The first-order chi connectivity index (χ1) is 21.8. The SMILES string of the molecule is CCC/C(C(=O)c1ccnc(OC[C@@H]2CC3C(C)C3N2C(=O)OC(C)(C)C)n1)=C(/N)[C@H]1CCCc2sc(/N=C/N(C)C)c(C#N)c21. The lowest BCUT2D eigenvalue weighted by molar-refractivity contribution is 0.0118. The molecule has 3 unspecified atom stereocenters. The fourth-order valence-electron chi connectivity index (χ4n) is 6.77. The number of Topliss-reactive ketones (excluding diaryl/α,β-unsaturated/α-hetero) is 1. The highest BCUT2D eigenvalue weighted by molar-refractivity contribution is 7.16. The zero-order chi connectivity index (χ0) is 33.3. The van der Waals surface area contributed by atoms with Crippen LogP contribution < -0.4 is 10.5 Å². The highest BCUT2D eigenvalue weighted by atomic mass is 32.1. The van der Waals surface area contributed by atoms with Crippen molar-refractivity contribution in [1.29, 1.82) is 5.26 Å². The molecule has 2 N–H and O–H groups in total. The zero-order valence-corrected chi connectivity index (χ0v) is 28.7. The van der Waals surface area contributed by atoms with Crippen LogP contribution in [-0.4, -0.2) is 76.4 Å². The lowest BCUT2D eigenvalue weighted by Crippen LogP contribution is -2.45. The minimum atomic E-state index is -0.594. The second-order valence-corrected chi connectivity index (χ2v) is 14.8. The lowest BCUT2D eigenvalue weighted by Gasteiger charge is -2.31. The number of ether oxygens (including phenoxy) is 2. The van der Waals surface area contributed by atoms with Crippen LogP contribution in [0.5, 0.6) is 6.01 Å². The van der Waals surface area contributed by atoms with E-state index >= 15 is 0 Å². The molecule has 0 radical (unpaired) electrons. The number of rotatable bonds is 10. The Balaban J connectivity index is 1.37. The number of carbonyl (C=O) groups is 2. The number of nitrogens with zero attached hydrogens (tertiary/aromatic N) is 6. The van der Waals surface area contributed by atoms with Gasteiger partial charge in [0.25, 0.3) is 0 Å². The summed E-state index contributed by atoms with van der Waals surface area (Å²) in [5.74, 6) is 0.340. The summed E-state index contributed by atoms with van der Waals surface area (Å²) in [4.78, 5) is 45.1. The van der Waals surface area contributed by atoms with Gasteiger partial charge in [-0.05, 0) is 76.3 Å². The average Bonchev–Trinajstić information content (AvgIpc) is 3.32. The van der Waals surface area contributed by atoms with Crippen molar-refractivity contribution >= 4 is 34.6 Å². The molecule has 0 spiro atoms. The zero-order valence-electron chi connectivity index (χ0n) is 27.9. The molecule has 5 rings (SSSR count). The monoisotopic (exact) mass is 647 g/mol. The van der Waals surface area contributed by atoms with Crippen molar-refractivity contribution < 1.29 is 19.1 Å². The number of nitriles is 1. The number of ketones is 1. The van der Waals surface area contributed by atoms with Crippen molar-refractivity contribution in [2.24, 2.45) is 22.6 Å². The van der Waals surface area contributed by atoms with Crippen LogP contribution in [0.3, 0.4) is 0 Å². The van der Waals surface area contributed by atoms with E-state index in [1.807, 2.05) is 51.6 Å². The predicted octanol–water partition coefficient (Wildman–Crippen LogP) is 5.97. The van der Waals surface area contributed by atoms with Gasteiger partial charge in [-0.25, -0.2) is 14.8 Å². The van der Waals surface area contributed by atoms with Crippen LogP contribution in [0.15, 0.2) is 28.5 Å². The summed E-state index contributed by atoms with van der Waals surface area (Å²) >= 11 is 1.52. The highest BCUT2D eigenvalue weighted by Crippen LogP contribution is 2.53. The topological polar surface area (TPSA) is 147 Å². The molecule has 1 saturated carbocycles. The number of aromatic nitrogens is 2. The molecule has 2 aromatic rings. The van der Waals surface area contributed by atoms with Gasteiger partial charge in [-0.15, -0.1) is 11.3 Å². The Kier molecular flexibility index (Phi) is 9.73. The molecule has 2 fully saturated rings. The van der Waals surface area contributed by atoms with E-state index < -0.39 is 5.60 Å². The van der Waals surface area contributed by atoms with Crippen LogP contribution >= 0.6 is 11.3 Å². The Morgan fingerprint density at radius 3 is 2.76 bits per heavy atom. The van der Waals surface area contributed by atoms with Crippen molar-refractivity contribution in [3.8, 4) is 12.1 Å². The summed E-state index contributed by atoms with van der Waals surface area (Å²) in [6.45, 7) is 9.94. The molecule has 12 heteroatoms. The molecule has 11 nitrogen and oxygen atoms in total. The van der Waals surface area contributed by atoms with Gasteiger partial charge >= 0.3 is 12.1 Å². The Morgan fingerprint density at radius 2 is 2.09 bits per heavy atom. The van der Waals surface area contributed by atoms with Crippen LogP contribution in [0.2, 0.25) is 0 Å². The number of hydrogen-bond donors (Lipinski definition) is 1. The lowest BCUT2D eigenvalue weighted by atomic mass is 9.80. The second-order valence-electron chi connectivity index (χ2n) is 13.7. The Hall–Kier alpha value is -3.98. The largest absolute Gasteiger partial charge is 0.461 e. The molecule has 0 bridgehead atoms. The Bertz CT molecular complexity index is 1580. The van der Waals surface area contributed by atoms with Gasteiger partial charge in [-0.1, -0.05) is 20.3 Å². The molecule has 0 aromatic carbocycles. The van der Waals surface area contributed by atoms with Crippen molar-refractivity contribution in [1.82, 2.24) is 19.8 Å². The summed E-state index contributed by atoms with van der Waals surface area (Å²) in [5.41, 5.74) is 8.88. The molecule has 46 heavy (non-hydrogen) atoms. The van der Waals surface area contributed by atoms with Crippen LogP contribution in [0.4, 0.5) is 9.80 Å². The Labute approximate surface area is 275 Å². The standard InChI is InChI=1S/C34H45N7O4S/c1-8-10-22(28(36)21-11-9-12-26-27(21)24(16-35)31(46-26)38-18-40(6)7)30(42)25-13-14-37-32(39-25)44-17-20-15-23-19(2)29(23)41(20)33(43)45-34(3,4)5/h13-14,18-21,23,29H,8-12,15,17,36H2,1-7H3/b28-22-,38-18+/t19?,20-,21-,23?,29?/m0/s1. The average molecular weight is 648 g/mol. The minimum absolute atomic E-state index is 0.0750. The van der Waals surface area contributed by atoms with E-state index in [4.69, 9.17) is 15.2 Å². The molecule has 3 heterocycles. The van der Waals surface area contributed by atoms with Gasteiger partial charge in [0.2, 0.25) is 5.78 Å². The van der Waals surface area contributed by atoms with Crippen LogP contribution in [0.1, 0.15) is 99.1 Å². The quantitative estimate of drug-likeness (QED) is 0.143. The van der Waals surface area contributed by atoms with Gasteiger partial charge in [-0.3, -0.25) is 9.69 Å². The van der Waals surface area contributed by atoms with Crippen LogP contribution in [-0.2, 0) is 11.2 Å². The number of likely N-dealkylation sites (tertiary alicyclic amines) is 1. The maximum atomic E-state index is 14.0. The number of thiophene rings is 1. The van der Waals surface area contributed by atoms with E-state index in [-0.39, 0.29) is 48.2 Å². The normalized spacial score (nSPS) is 24.1. The molecule has 1 aliphatic heterocycles. The summed E-state index contributed by atoms with van der Waals surface area (Å²) in [5, 5.41) is 10.8. The number of hydrogen-bond acceptors (Lipinski definition) is 10. The first kappa shape index (κ1) is 33.4. The van der Waals surface area contributed by atoms with Gasteiger partial charge in [-0.2, -0.15) is 10.2 Å². The summed E-state index contributed by atoms with van der Waals surface area (Å²) in [6, 6.07) is 4.00. The molecule has 246 valence electrons. The number of piperidine rings is 1. The second kappa shape index (κ2) is 13.4. The van der Waals surface area contributed by atoms with E-state index in [2.05, 4.69) is 28.0 Å². The van der Waals surface area contributed by atoms with Crippen molar-refractivity contribution in [3.63, 3.8) is 0 Å². The Morgan fingerprint density at radius 1 is 1.33 bits per heavy atom. The van der Waals surface area contributed by atoms with E-state index in [9.17, 15) is 14.9 Å².